The van der Waals surface area contributed by atoms with E-state index in [9.17, 15) is 14.4 Å². The summed E-state index contributed by atoms with van der Waals surface area (Å²) in [5.74, 6) is -1.01. The quantitative estimate of drug-likeness (QED) is 0.468. The average Bonchev–Trinajstić information content (AvgIpc) is 2.72. The first kappa shape index (κ1) is 22.2. The minimum atomic E-state index is -0.963. The molecule has 3 rings (SSSR count). The molecule has 3 aromatic rings. The molecule has 160 valence electrons. The highest BCUT2D eigenvalue weighted by Gasteiger charge is 2.23. The van der Waals surface area contributed by atoms with E-state index in [-0.39, 0.29) is 11.7 Å². The van der Waals surface area contributed by atoms with Crippen LogP contribution in [0.3, 0.4) is 0 Å². The van der Waals surface area contributed by atoms with Gasteiger partial charge in [-0.2, -0.15) is 0 Å². The molecule has 0 spiro atoms. The molecule has 1 N–H and O–H groups in total. The summed E-state index contributed by atoms with van der Waals surface area (Å²) in [6.07, 6.45) is -0.963. The Balaban J connectivity index is 1.72. The third-order valence-electron chi connectivity index (χ3n) is 4.83. The van der Waals surface area contributed by atoms with Crippen LogP contribution in [0, 0.1) is 12.3 Å². The van der Waals surface area contributed by atoms with Gasteiger partial charge in [0.15, 0.2) is 6.10 Å². The molecular formula is C25H26N2O4. The smallest absolute Gasteiger partial charge is 0.339 e. The van der Waals surface area contributed by atoms with Crippen molar-refractivity contribution in [2.75, 3.05) is 5.32 Å². The Morgan fingerprint density at radius 3 is 2.29 bits per heavy atom. The van der Waals surface area contributed by atoms with E-state index in [1.54, 1.807) is 50.2 Å². The number of nitrogens with zero attached hydrogens (tertiary/aromatic N) is 1. The summed E-state index contributed by atoms with van der Waals surface area (Å²) in [7, 11) is 0. The molecule has 6 heteroatoms. The zero-order valence-electron chi connectivity index (χ0n) is 18.4. The van der Waals surface area contributed by atoms with Crippen molar-refractivity contribution < 1.29 is 19.1 Å². The highest BCUT2D eigenvalue weighted by atomic mass is 16.5. The molecule has 31 heavy (non-hydrogen) atoms. The lowest BCUT2D eigenvalue weighted by Gasteiger charge is -2.18. The normalized spacial score (nSPS) is 12.3. The largest absolute Gasteiger partial charge is 0.451 e. The zero-order chi connectivity index (χ0) is 22.8. The minimum Gasteiger partial charge on any atom is -0.451 e. The fourth-order valence-corrected chi connectivity index (χ4v) is 3.03. The van der Waals surface area contributed by atoms with Crippen LogP contribution in [0.5, 0.6) is 0 Å². The van der Waals surface area contributed by atoms with Crippen molar-refractivity contribution in [2.45, 2.75) is 40.7 Å². The molecule has 1 aromatic heterocycles. The molecule has 2 aromatic carbocycles. The summed E-state index contributed by atoms with van der Waals surface area (Å²) >= 11 is 0. The van der Waals surface area contributed by atoms with E-state index in [1.165, 1.54) is 0 Å². The summed E-state index contributed by atoms with van der Waals surface area (Å²) in [5.41, 5.74) is 2.23. The van der Waals surface area contributed by atoms with Gasteiger partial charge in [0.05, 0.1) is 11.1 Å². The Morgan fingerprint density at radius 1 is 1.00 bits per heavy atom. The van der Waals surface area contributed by atoms with E-state index in [0.717, 1.165) is 0 Å². The van der Waals surface area contributed by atoms with Gasteiger partial charge < -0.3 is 10.1 Å². The number of Topliss-reactive ketones (excluding diaryl/α,β-unsaturated/α-hetero) is 1. The van der Waals surface area contributed by atoms with E-state index in [2.05, 4.69) is 10.3 Å². The number of pyridine rings is 1. The number of carbonyl (C=O) groups is 3. The number of nitrogens with one attached hydrogen (secondary N) is 1. The van der Waals surface area contributed by atoms with Crippen LogP contribution in [-0.4, -0.2) is 28.7 Å². The fourth-order valence-electron chi connectivity index (χ4n) is 3.03. The number of aromatic nitrogens is 1. The van der Waals surface area contributed by atoms with Crippen molar-refractivity contribution >= 4 is 34.3 Å². The Morgan fingerprint density at radius 2 is 1.65 bits per heavy atom. The Bertz CT molecular complexity index is 1140. The van der Waals surface area contributed by atoms with Crippen molar-refractivity contribution in [3.8, 4) is 0 Å². The molecule has 0 unspecified atom stereocenters. The molecule has 0 aliphatic carbocycles. The second-order valence-electron chi connectivity index (χ2n) is 8.52. The summed E-state index contributed by atoms with van der Waals surface area (Å²) in [4.78, 5) is 42.0. The molecule has 0 saturated heterocycles. The monoisotopic (exact) mass is 418 g/mol. The summed E-state index contributed by atoms with van der Waals surface area (Å²) in [5, 5.41) is 3.49. The van der Waals surface area contributed by atoms with Gasteiger partial charge in [0.25, 0.3) is 0 Å². The van der Waals surface area contributed by atoms with Crippen LogP contribution in [0.4, 0.5) is 5.69 Å². The Kier molecular flexibility index (Phi) is 6.20. The van der Waals surface area contributed by atoms with Gasteiger partial charge in [-0.1, -0.05) is 39.0 Å². The molecule has 0 aliphatic heterocycles. The number of hydrogen-bond acceptors (Lipinski definition) is 5. The van der Waals surface area contributed by atoms with Crippen LogP contribution >= 0.6 is 0 Å². The van der Waals surface area contributed by atoms with Crippen molar-refractivity contribution in [1.29, 1.82) is 0 Å². The predicted octanol–water partition coefficient (Wildman–Crippen LogP) is 4.96. The number of ketones is 1. The molecule has 0 saturated carbocycles. The van der Waals surface area contributed by atoms with Crippen LogP contribution in [0.2, 0.25) is 0 Å². The number of ether oxygens (including phenoxy) is 1. The van der Waals surface area contributed by atoms with Gasteiger partial charge in [0.2, 0.25) is 11.7 Å². The fraction of sp³-hybridized carbons (Fsp3) is 0.280. The predicted molar refractivity (Wildman–Crippen MR) is 120 cm³/mol. The maximum Gasteiger partial charge on any atom is 0.339 e. The number of aryl methyl sites for hydroxylation is 1. The molecule has 6 nitrogen and oxygen atoms in total. The van der Waals surface area contributed by atoms with Gasteiger partial charge >= 0.3 is 5.97 Å². The van der Waals surface area contributed by atoms with Crippen LogP contribution in [0.25, 0.3) is 10.9 Å². The lowest BCUT2D eigenvalue weighted by atomic mass is 9.95. The van der Waals surface area contributed by atoms with Crippen LogP contribution < -0.4 is 5.32 Å². The van der Waals surface area contributed by atoms with E-state index < -0.39 is 17.5 Å². The molecule has 1 heterocycles. The van der Waals surface area contributed by atoms with Crippen molar-refractivity contribution in [3.05, 3.63) is 71.4 Å². The number of anilines is 1. The maximum atomic E-state index is 12.8. The molecule has 1 atom stereocenters. The second kappa shape index (κ2) is 8.68. The lowest BCUT2D eigenvalue weighted by molar-refractivity contribution is -0.123. The first-order chi connectivity index (χ1) is 14.6. The van der Waals surface area contributed by atoms with Crippen molar-refractivity contribution in [1.82, 2.24) is 4.98 Å². The summed E-state index contributed by atoms with van der Waals surface area (Å²) in [6, 6.07) is 15.5. The van der Waals surface area contributed by atoms with Crippen LogP contribution in [0.1, 0.15) is 54.1 Å². The number of esters is 1. The van der Waals surface area contributed by atoms with E-state index in [1.807, 2.05) is 39.0 Å². The molecule has 0 bridgehead atoms. The molecular weight excluding hydrogens is 392 g/mol. The zero-order valence-corrected chi connectivity index (χ0v) is 18.4. The topological polar surface area (TPSA) is 85.4 Å². The summed E-state index contributed by atoms with van der Waals surface area (Å²) in [6.45, 7) is 8.82. The minimum absolute atomic E-state index is 0.117. The van der Waals surface area contributed by atoms with Crippen LogP contribution in [-0.2, 0) is 9.53 Å². The first-order valence-electron chi connectivity index (χ1n) is 10.1. The first-order valence-corrected chi connectivity index (χ1v) is 10.1. The van der Waals surface area contributed by atoms with Gasteiger partial charge in [-0.3, -0.25) is 14.6 Å². The Labute approximate surface area is 181 Å². The van der Waals surface area contributed by atoms with Gasteiger partial charge in [-0.25, -0.2) is 4.79 Å². The number of rotatable bonds is 5. The molecule has 0 fully saturated rings. The van der Waals surface area contributed by atoms with Gasteiger partial charge in [-0.05, 0) is 50.2 Å². The Hall–Kier alpha value is -3.54. The number of carbonyl (C=O) groups excluding carboxylic acids is 3. The SMILES string of the molecule is Cc1cc(C(=O)O[C@@H](C)C(=O)c2ccc(NC(=O)C(C)(C)C)cc2)c2ccccc2n1. The van der Waals surface area contributed by atoms with Gasteiger partial charge in [0, 0.05) is 27.7 Å². The maximum absolute atomic E-state index is 12.8. The van der Waals surface area contributed by atoms with E-state index >= 15 is 0 Å². The van der Waals surface area contributed by atoms with E-state index in [0.29, 0.717) is 33.4 Å². The number of fused-ring (bicyclic) bond motifs is 1. The van der Waals surface area contributed by atoms with Crippen LogP contribution in [0.15, 0.2) is 54.6 Å². The van der Waals surface area contributed by atoms with Gasteiger partial charge in [0.1, 0.15) is 0 Å². The van der Waals surface area contributed by atoms with Crippen molar-refractivity contribution in [2.24, 2.45) is 5.41 Å². The van der Waals surface area contributed by atoms with Gasteiger partial charge in [-0.15, -0.1) is 0 Å². The summed E-state index contributed by atoms with van der Waals surface area (Å²) < 4.78 is 5.47. The molecule has 0 aliphatic rings. The average molecular weight is 418 g/mol. The standard InChI is InChI=1S/C25H26N2O4/c1-15-14-20(19-8-6-7-9-21(19)26-15)23(29)31-16(2)22(28)17-10-12-18(13-11-17)27-24(30)25(3,4)5/h6-14,16H,1-5H3,(H,27,30)/t16-/m0/s1. The third-order valence-corrected chi connectivity index (χ3v) is 4.83. The molecule has 1 amide bonds. The highest BCUT2D eigenvalue weighted by molar-refractivity contribution is 6.06. The second-order valence-corrected chi connectivity index (χ2v) is 8.52. The number of para-hydroxylation sites is 1. The molecule has 0 radical (unpaired) electrons. The number of amides is 1. The number of hydrogen-bond donors (Lipinski definition) is 1. The highest BCUT2D eigenvalue weighted by Crippen LogP contribution is 2.21. The van der Waals surface area contributed by atoms with Crippen molar-refractivity contribution in [3.63, 3.8) is 0 Å². The number of benzene rings is 2. The lowest BCUT2D eigenvalue weighted by Crippen LogP contribution is -2.27. The van der Waals surface area contributed by atoms with E-state index in [4.69, 9.17) is 4.74 Å². The third kappa shape index (κ3) is 5.15.